The van der Waals surface area contributed by atoms with Crippen molar-refractivity contribution in [3.63, 3.8) is 0 Å². The summed E-state index contributed by atoms with van der Waals surface area (Å²) in [6.45, 7) is 3.61. The Bertz CT molecular complexity index is 1100. The number of nitrogens with one attached hydrogen (secondary N) is 1. The molecule has 0 spiro atoms. The second-order valence-electron chi connectivity index (χ2n) is 6.64. The van der Waals surface area contributed by atoms with Gasteiger partial charge >= 0.3 is 0 Å². The highest BCUT2D eigenvalue weighted by Crippen LogP contribution is 2.25. The number of sulfone groups is 1. The van der Waals surface area contributed by atoms with Crippen LogP contribution in [0.25, 0.3) is 11.1 Å². The Morgan fingerprint density at radius 1 is 1.00 bits per heavy atom. The fourth-order valence-corrected chi connectivity index (χ4v) is 3.41. The molecule has 0 saturated heterocycles. The first-order valence-corrected chi connectivity index (χ1v) is 10.6. The maximum atomic E-state index is 12.8. The first-order valence-electron chi connectivity index (χ1n) is 8.74. The molecule has 0 saturated carbocycles. The summed E-state index contributed by atoms with van der Waals surface area (Å²) in [6.07, 6.45) is 4.45. The second-order valence-corrected chi connectivity index (χ2v) is 8.66. The lowest BCUT2D eigenvalue weighted by Crippen LogP contribution is -2.27. The Kier molecular flexibility index (Phi) is 5.56. The van der Waals surface area contributed by atoms with E-state index < -0.39 is 9.84 Å². The summed E-state index contributed by atoms with van der Waals surface area (Å²) in [4.78, 5) is 21.2. The Hall–Kier alpha value is -3.06. The number of carbonyl (C=O) groups is 1. The van der Waals surface area contributed by atoms with Crippen molar-refractivity contribution in [2.45, 2.75) is 24.8 Å². The van der Waals surface area contributed by atoms with E-state index in [1.54, 1.807) is 31.5 Å². The van der Waals surface area contributed by atoms with Crippen LogP contribution in [-0.4, -0.2) is 30.5 Å². The molecule has 1 aromatic heterocycles. The van der Waals surface area contributed by atoms with Gasteiger partial charge in [0.1, 0.15) is 5.82 Å². The number of aromatic nitrogens is 2. The van der Waals surface area contributed by atoms with Crippen molar-refractivity contribution in [1.82, 2.24) is 15.3 Å². The first kappa shape index (κ1) is 19.7. The van der Waals surface area contributed by atoms with Crippen molar-refractivity contribution in [2.75, 3.05) is 6.26 Å². The van der Waals surface area contributed by atoms with Crippen molar-refractivity contribution in [3.05, 3.63) is 77.9 Å². The van der Waals surface area contributed by atoms with Crippen LogP contribution in [0.5, 0.6) is 0 Å². The average molecular weight is 395 g/mol. The topological polar surface area (TPSA) is 89.0 Å². The summed E-state index contributed by atoms with van der Waals surface area (Å²) in [5.74, 6) is 0.284. The Morgan fingerprint density at radius 3 is 2.25 bits per heavy atom. The second kappa shape index (κ2) is 7.90. The van der Waals surface area contributed by atoms with Gasteiger partial charge in [0.2, 0.25) is 0 Å². The Balaban J connectivity index is 1.95. The lowest BCUT2D eigenvalue weighted by atomic mass is 10.0. The molecule has 1 amide bonds. The van der Waals surface area contributed by atoms with Crippen LogP contribution in [0.3, 0.4) is 0 Å². The molecule has 7 heteroatoms. The average Bonchev–Trinajstić information content (AvgIpc) is 2.68. The zero-order valence-corrected chi connectivity index (χ0v) is 16.7. The van der Waals surface area contributed by atoms with Crippen molar-refractivity contribution in [3.8, 4) is 11.1 Å². The van der Waals surface area contributed by atoms with Gasteiger partial charge in [-0.15, -0.1) is 0 Å². The van der Waals surface area contributed by atoms with E-state index in [1.165, 1.54) is 6.07 Å². The van der Waals surface area contributed by atoms with Gasteiger partial charge in [0, 0.05) is 29.8 Å². The third-order valence-electron chi connectivity index (χ3n) is 4.35. The number of hydrogen-bond acceptors (Lipinski definition) is 5. The van der Waals surface area contributed by atoms with Gasteiger partial charge in [0.25, 0.3) is 5.91 Å². The number of aryl methyl sites for hydroxylation is 1. The van der Waals surface area contributed by atoms with Crippen LogP contribution in [0.2, 0.25) is 0 Å². The molecule has 144 valence electrons. The molecule has 0 fully saturated rings. The molecule has 1 heterocycles. The van der Waals surface area contributed by atoms with E-state index in [-0.39, 0.29) is 22.4 Å². The molecule has 0 radical (unpaired) electrons. The molecule has 2 aromatic carbocycles. The molecule has 3 aromatic rings. The van der Waals surface area contributed by atoms with Crippen molar-refractivity contribution >= 4 is 15.7 Å². The smallest absolute Gasteiger partial charge is 0.251 e. The normalized spacial score (nSPS) is 12.4. The van der Waals surface area contributed by atoms with Crippen LogP contribution >= 0.6 is 0 Å². The highest BCUT2D eigenvalue weighted by atomic mass is 32.2. The molecule has 0 unspecified atom stereocenters. The highest BCUT2D eigenvalue weighted by molar-refractivity contribution is 7.90. The predicted octanol–water partition coefficient (Wildman–Crippen LogP) is 3.35. The summed E-state index contributed by atoms with van der Waals surface area (Å²) in [5.41, 5.74) is 2.55. The molecule has 3 rings (SSSR count). The van der Waals surface area contributed by atoms with Gasteiger partial charge in [0.05, 0.1) is 10.9 Å². The molecule has 28 heavy (non-hydrogen) atoms. The fraction of sp³-hybridized carbons (Fsp3) is 0.190. The fourth-order valence-electron chi connectivity index (χ4n) is 2.73. The number of carbonyl (C=O) groups excluding carboxylic acids is 1. The summed E-state index contributed by atoms with van der Waals surface area (Å²) < 4.78 is 24.2. The molecular formula is C21H21N3O3S. The van der Waals surface area contributed by atoms with Crippen molar-refractivity contribution < 1.29 is 13.2 Å². The minimum Gasteiger partial charge on any atom is -0.345 e. The van der Waals surface area contributed by atoms with Crippen molar-refractivity contribution in [1.29, 1.82) is 0 Å². The van der Waals surface area contributed by atoms with E-state index in [4.69, 9.17) is 0 Å². The van der Waals surface area contributed by atoms with E-state index >= 15 is 0 Å². The minimum atomic E-state index is -3.47. The standard InChI is InChI=1S/C21H21N3O3S/c1-14(19-12-22-15(2)23-13-19)24-21(25)18-9-17(16-7-5-4-6-8-16)10-20(11-18)28(3,26)27/h4-14H,1-3H3,(H,24,25)/t14-/m1/s1. The lowest BCUT2D eigenvalue weighted by Gasteiger charge is -2.15. The van der Waals surface area contributed by atoms with Gasteiger partial charge in [-0.2, -0.15) is 0 Å². The minimum absolute atomic E-state index is 0.102. The zero-order chi connectivity index (χ0) is 20.3. The van der Waals surface area contributed by atoms with E-state index in [0.717, 1.165) is 17.4 Å². The monoisotopic (exact) mass is 395 g/mol. The predicted molar refractivity (Wildman–Crippen MR) is 108 cm³/mol. The van der Waals surface area contributed by atoms with Crippen LogP contribution in [0.4, 0.5) is 0 Å². The third-order valence-corrected chi connectivity index (χ3v) is 5.44. The number of nitrogens with zero attached hydrogens (tertiary/aromatic N) is 2. The van der Waals surface area contributed by atoms with E-state index in [0.29, 0.717) is 11.4 Å². The van der Waals surface area contributed by atoms with Crippen LogP contribution < -0.4 is 5.32 Å². The van der Waals surface area contributed by atoms with Crippen LogP contribution in [-0.2, 0) is 9.84 Å². The summed E-state index contributed by atoms with van der Waals surface area (Å²) >= 11 is 0. The summed E-state index contributed by atoms with van der Waals surface area (Å²) in [5, 5.41) is 2.88. The van der Waals surface area contributed by atoms with Crippen LogP contribution in [0, 0.1) is 6.92 Å². The number of benzene rings is 2. The molecule has 0 bridgehead atoms. The Morgan fingerprint density at radius 2 is 1.64 bits per heavy atom. The zero-order valence-electron chi connectivity index (χ0n) is 15.9. The van der Waals surface area contributed by atoms with Gasteiger partial charge in [-0.3, -0.25) is 4.79 Å². The van der Waals surface area contributed by atoms with Gasteiger partial charge in [0.15, 0.2) is 9.84 Å². The molecule has 0 aliphatic heterocycles. The van der Waals surface area contributed by atoms with E-state index in [9.17, 15) is 13.2 Å². The van der Waals surface area contributed by atoms with Gasteiger partial charge in [-0.25, -0.2) is 18.4 Å². The largest absolute Gasteiger partial charge is 0.345 e. The molecule has 0 aliphatic carbocycles. The van der Waals surface area contributed by atoms with Gasteiger partial charge in [-0.1, -0.05) is 30.3 Å². The first-order chi connectivity index (χ1) is 13.2. The molecule has 1 N–H and O–H groups in total. The summed E-state index contributed by atoms with van der Waals surface area (Å²) in [7, 11) is -3.47. The quantitative estimate of drug-likeness (QED) is 0.716. The van der Waals surface area contributed by atoms with Crippen LogP contribution in [0.1, 0.15) is 34.7 Å². The van der Waals surface area contributed by atoms with E-state index in [1.807, 2.05) is 37.3 Å². The van der Waals surface area contributed by atoms with Gasteiger partial charge < -0.3 is 5.32 Å². The van der Waals surface area contributed by atoms with Crippen LogP contribution in [0.15, 0.2) is 65.8 Å². The lowest BCUT2D eigenvalue weighted by molar-refractivity contribution is 0.0939. The number of amides is 1. The Labute approximate surface area is 164 Å². The molecule has 0 aliphatic rings. The number of hydrogen-bond donors (Lipinski definition) is 1. The van der Waals surface area contributed by atoms with Crippen molar-refractivity contribution in [2.24, 2.45) is 0 Å². The molecule has 6 nitrogen and oxygen atoms in total. The highest BCUT2D eigenvalue weighted by Gasteiger charge is 2.17. The maximum absolute atomic E-state index is 12.8. The molecule has 1 atom stereocenters. The SMILES string of the molecule is Cc1ncc([C@@H](C)NC(=O)c2cc(-c3ccccc3)cc(S(C)(=O)=O)c2)cn1. The summed E-state index contributed by atoms with van der Waals surface area (Å²) in [6, 6.07) is 13.7. The maximum Gasteiger partial charge on any atom is 0.251 e. The van der Waals surface area contributed by atoms with E-state index in [2.05, 4.69) is 15.3 Å². The third kappa shape index (κ3) is 4.61. The molecular weight excluding hydrogens is 374 g/mol. The van der Waals surface area contributed by atoms with Gasteiger partial charge in [-0.05, 0) is 43.2 Å². The number of rotatable bonds is 5.